The molecule has 3 aromatic heterocycles. The third kappa shape index (κ3) is 7.90. The van der Waals surface area contributed by atoms with Gasteiger partial charge in [0.05, 0.1) is 57.2 Å². The van der Waals surface area contributed by atoms with Crippen LogP contribution in [0.1, 0.15) is 11.1 Å². The highest BCUT2D eigenvalue weighted by Gasteiger charge is 2.33. The normalized spacial score (nSPS) is 11.6. The Balaban J connectivity index is 1.11. The molecule has 7 nitrogen and oxygen atoms in total. The van der Waals surface area contributed by atoms with E-state index in [-0.39, 0.29) is 0 Å². The Hall–Kier alpha value is -10.4. The Morgan fingerprint density at radius 3 is 1.46 bits per heavy atom. The van der Waals surface area contributed by atoms with Gasteiger partial charge in [-0.15, -0.1) is 0 Å². The zero-order valence-electron chi connectivity index (χ0n) is 40.2. The van der Waals surface area contributed by atoms with Gasteiger partial charge in [0.2, 0.25) is 0 Å². The second-order valence-electron chi connectivity index (χ2n) is 18.5. The number of alkyl halides is 3. The second-order valence-corrected chi connectivity index (χ2v) is 18.5. The number of halogens is 3. The molecular formula is C66H38F3N7. The first-order valence-corrected chi connectivity index (χ1v) is 24.5. The maximum atomic E-state index is 15.3. The number of hydrogen-bond acceptors (Lipinski definition) is 4. The lowest BCUT2D eigenvalue weighted by atomic mass is 9.96. The Morgan fingerprint density at radius 2 is 0.882 bits per heavy atom. The average Bonchev–Trinajstić information content (AvgIpc) is 3.99. The van der Waals surface area contributed by atoms with Gasteiger partial charge >= 0.3 is 6.18 Å². The molecule has 0 N–H and O–H groups in total. The highest BCUT2D eigenvalue weighted by molar-refractivity contribution is 6.13. The summed E-state index contributed by atoms with van der Waals surface area (Å²) in [5.74, 6) is 1.31. The Labute approximate surface area is 434 Å². The van der Waals surface area contributed by atoms with E-state index in [9.17, 15) is 5.26 Å². The molecule has 0 unspecified atom stereocenters. The van der Waals surface area contributed by atoms with Crippen molar-refractivity contribution < 1.29 is 13.2 Å². The van der Waals surface area contributed by atoms with Crippen molar-refractivity contribution in [1.29, 1.82) is 5.26 Å². The van der Waals surface area contributed by atoms with Crippen LogP contribution in [0.15, 0.2) is 231 Å². The summed E-state index contributed by atoms with van der Waals surface area (Å²) in [5.41, 5.74) is 11.3. The van der Waals surface area contributed by atoms with Crippen molar-refractivity contribution in [2.24, 2.45) is 0 Å². The highest BCUT2D eigenvalue weighted by atomic mass is 19.4. The van der Waals surface area contributed by atoms with E-state index in [1.807, 2.05) is 182 Å². The predicted octanol–water partition coefficient (Wildman–Crippen LogP) is 17.5. The van der Waals surface area contributed by atoms with E-state index in [2.05, 4.69) is 38.2 Å². The van der Waals surface area contributed by atoms with Crippen molar-refractivity contribution in [2.75, 3.05) is 0 Å². The molecule has 0 aliphatic carbocycles. The van der Waals surface area contributed by atoms with E-state index in [4.69, 9.17) is 21.5 Å². The van der Waals surface area contributed by atoms with E-state index in [1.165, 1.54) is 6.07 Å². The molecular weight excluding hydrogens is 948 g/mol. The van der Waals surface area contributed by atoms with Crippen molar-refractivity contribution >= 4 is 49.3 Å². The van der Waals surface area contributed by atoms with E-state index in [0.29, 0.717) is 56.8 Å². The minimum absolute atomic E-state index is 0.342. The molecule has 0 fully saturated rings. The van der Waals surface area contributed by atoms with Crippen LogP contribution < -0.4 is 0 Å². The topological polar surface area (TPSA) is 76.7 Å². The number of nitriles is 1. The first-order chi connectivity index (χ1) is 37.2. The first-order valence-electron chi connectivity index (χ1n) is 24.5. The third-order valence-corrected chi connectivity index (χ3v) is 14.0. The summed E-state index contributed by atoms with van der Waals surface area (Å²) >= 11 is 0. The first kappa shape index (κ1) is 45.4. The molecule has 10 heteroatoms. The number of para-hydroxylation sites is 2. The van der Waals surface area contributed by atoms with Crippen LogP contribution in [-0.4, -0.2) is 24.1 Å². The fourth-order valence-corrected chi connectivity index (χ4v) is 10.5. The van der Waals surface area contributed by atoms with Crippen molar-refractivity contribution in [2.45, 2.75) is 6.18 Å². The molecule has 0 aliphatic heterocycles. The quantitative estimate of drug-likeness (QED) is 0.142. The van der Waals surface area contributed by atoms with E-state index in [0.717, 1.165) is 83.1 Å². The maximum absolute atomic E-state index is 15.3. The molecule has 0 spiro atoms. The molecule has 358 valence electrons. The number of benzene rings is 10. The molecule has 0 aliphatic rings. The van der Waals surface area contributed by atoms with Gasteiger partial charge in [0.15, 0.2) is 23.2 Å². The summed E-state index contributed by atoms with van der Waals surface area (Å²) < 4.78 is 50.1. The monoisotopic (exact) mass is 985 g/mol. The van der Waals surface area contributed by atoms with Crippen LogP contribution in [-0.2, 0) is 6.18 Å². The molecule has 0 saturated heterocycles. The Kier molecular flexibility index (Phi) is 10.9. The zero-order chi connectivity index (χ0) is 51.5. The van der Waals surface area contributed by atoms with Gasteiger partial charge in [-0.25, -0.2) is 19.8 Å². The molecule has 13 aromatic rings. The number of rotatable bonds is 8. The molecule has 10 aromatic carbocycles. The second kappa shape index (κ2) is 18.3. The van der Waals surface area contributed by atoms with Crippen molar-refractivity contribution in [3.8, 4) is 85.0 Å². The van der Waals surface area contributed by atoms with Crippen LogP contribution in [0.4, 0.5) is 18.9 Å². The molecule has 0 atom stereocenters. The Morgan fingerprint density at radius 1 is 0.395 bits per heavy atom. The van der Waals surface area contributed by atoms with Gasteiger partial charge in [-0.1, -0.05) is 152 Å². The molecule has 3 heterocycles. The van der Waals surface area contributed by atoms with Gasteiger partial charge in [-0.2, -0.15) is 18.4 Å². The lowest BCUT2D eigenvalue weighted by Gasteiger charge is -2.21. The molecule has 76 heavy (non-hydrogen) atoms. The number of nitrogens with zero attached hydrogens (tertiary/aromatic N) is 7. The lowest BCUT2D eigenvalue weighted by Crippen LogP contribution is -2.08. The average molecular weight is 986 g/mol. The fraction of sp³-hybridized carbons (Fsp3) is 0.0152. The fourth-order valence-electron chi connectivity index (χ4n) is 10.5. The molecule has 13 rings (SSSR count). The van der Waals surface area contributed by atoms with Crippen LogP contribution in [0.5, 0.6) is 0 Å². The van der Waals surface area contributed by atoms with Crippen molar-refractivity contribution in [1.82, 2.24) is 24.1 Å². The maximum Gasteiger partial charge on any atom is 0.416 e. The Bertz CT molecular complexity index is 4480. The largest absolute Gasteiger partial charge is 0.416 e. The summed E-state index contributed by atoms with van der Waals surface area (Å²) in [6.07, 6.45) is -4.68. The van der Waals surface area contributed by atoms with Gasteiger partial charge in [0.1, 0.15) is 0 Å². The number of hydrogen-bond donors (Lipinski definition) is 0. The van der Waals surface area contributed by atoms with Gasteiger partial charge < -0.3 is 9.13 Å². The summed E-state index contributed by atoms with van der Waals surface area (Å²) in [7, 11) is 0. The van der Waals surface area contributed by atoms with Gasteiger partial charge in [0.25, 0.3) is 0 Å². The van der Waals surface area contributed by atoms with E-state index < -0.39 is 11.7 Å². The van der Waals surface area contributed by atoms with Crippen LogP contribution >= 0.6 is 0 Å². The minimum atomic E-state index is -4.68. The van der Waals surface area contributed by atoms with Gasteiger partial charge in [0, 0.05) is 49.4 Å². The van der Waals surface area contributed by atoms with Gasteiger partial charge in [-0.05, 0) is 101 Å². The molecule has 0 bridgehead atoms. The predicted molar refractivity (Wildman–Crippen MR) is 297 cm³/mol. The summed E-state index contributed by atoms with van der Waals surface area (Å²) in [4.78, 5) is 18.8. The minimum Gasteiger partial charge on any atom is -0.309 e. The zero-order valence-corrected chi connectivity index (χ0v) is 40.2. The van der Waals surface area contributed by atoms with Crippen molar-refractivity contribution in [3.05, 3.63) is 253 Å². The lowest BCUT2D eigenvalue weighted by molar-refractivity contribution is -0.137. The molecule has 0 amide bonds. The van der Waals surface area contributed by atoms with E-state index in [1.54, 1.807) is 18.2 Å². The number of aromatic nitrogens is 5. The van der Waals surface area contributed by atoms with Crippen LogP contribution in [0.25, 0.3) is 127 Å². The van der Waals surface area contributed by atoms with Gasteiger partial charge in [-0.3, -0.25) is 0 Å². The van der Waals surface area contributed by atoms with Crippen LogP contribution in [0.3, 0.4) is 0 Å². The van der Waals surface area contributed by atoms with Crippen LogP contribution in [0, 0.1) is 17.9 Å². The standard InChI is InChI=1S/C66H38F3N7/c1-71-50-21-13-20-45(35-50)47-28-31-59-54(37-47)51-22-8-10-24-57(51)75(59)61-33-29-49(66(67,68)69)39-56(61)53-30-26-48(65-73-63(42-15-4-2-5-16-42)72-64(74-65)43-17-6-3-7-18-43)38-62(53)76-58-25-11-9-23-52(58)55-36-46(27-32-60(55)76)44-19-12-14-41(34-44)40-70/h2-39H. The molecule has 0 radical (unpaired) electrons. The highest BCUT2D eigenvalue weighted by Crippen LogP contribution is 2.45. The number of fused-ring (bicyclic) bond motifs is 6. The smallest absolute Gasteiger partial charge is 0.309 e. The summed E-state index contributed by atoms with van der Waals surface area (Å²) in [5, 5.41) is 13.5. The van der Waals surface area contributed by atoms with E-state index >= 15 is 13.2 Å². The summed E-state index contributed by atoms with van der Waals surface area (Å²) in [6, 6.07) is 74.5. The third-order valence-electron chi connectivity index (χ3n) is 14.0. The summed E-state index contributed by atoms with van der Waals surface area (Å²) in [6.45, 7) is 7.65. The van der Waals surface area contributed by atoms with Crippen molar-refractivity contribution in [3.63, 3.8) is 0 Å². The molecule has 0 saturated carbocycles. The van der Waals surface area contributed by atoms with Crippen LogP contribution in [0.2, 0.25) is 0 Å². The SMILES string of the molecule is [C-]#[N+]c1cccc(-c2ccc3c(c2)c2ccccc2n3-c2ccc(C(F)(F)F)cc2-c2ccc(-c3nc(-c4ccccc4)nc(-c4ccccc4)n3)cc2-n2c3ccccc3c3cc(-c4cccc(C#N)c4)ccc32)c1.